The number of nitrogens with one attached hydrogen (secondary N) is 2. The van der Waals surface area contributed by atoms with Gasteiger partial charge in [-0.3, -0.25) is 4.79 Å². The average molecular weight is 365 g/mol. The van der Waals surface area contributed by atoms with Gasteiger partial charge >= 0.3 is 12.0 Å². The molecule has 2 saturated carbocycles. The number of halogens is 1. The van der Waals surface area contributed by atoms with Crippen LogP contribution in [0.1, 0.15) is 44.6 Å². The molecule has 0 unspecified atom stereocenters. The molecular weight excluding hydrogens is 340 g/mol. The molecule has 0 aliphatic heterocycles. The van der Waals surface area contributed by atoms with E-state index in [1.54, 1.807) is 0 Å². The van der Waals surface area contributed by atoms with E-state index in [2.05, 4.69) is 10.6 Å². The molecule has 1 aromatic carbocycles. The lowest BCUT2D eigenvalue weighted by atomic mass is 9.49. The molecule has 2 fully saturated rings. The number of esters is 1. The Bertz CT molecular complexity index is 618. The van der Waals surface area contributed by atoms with Crippen molar-refractivity contribution in [2.45, 2.75) is 51.6 Å². The Balaban J connectivity index is 1.31. The van der Waals surface area contributed by atoms with Crippen molar-refractivity contribution in [2.75, 3.05) is 6.61 Å². The summed E-state index contributed by atoms with van der Waals surface area (Å²) in [6, 6.07) is 7.55. The number of hydrogen-bond acceptors (Lipinski definition) is 3. The van der Waals surface area contributed by atoms with Crippen LogP contribution in [0.4, 0.5) is 4.79 Å². The van der Waals surface area contributed by atoms with Crippen LogP contribution in [0, 0.1) is 11.3 Å². The van der Waals surface area contributed by atoms with Gasteiger partial charge in [0, 0.05) is 24.0 Å². The van der Waals surface area contributed by atoms with Crippen LogP contribution in [0.25, 0.3) is 0 Å². The van der Waals surface area contributed by atoms with Gasteiger partial charge in [-0.2, -0.15) is 0 Å². The topological polar surface area (TPSA) is 67.4 Å². The van der Waals surface area contributed by atoms with Crippen LogP contribution in [0.3, 0.4) is 0 Å². The Morgan fingerprint density at radius 2 is 1.88 bits per heavy atom. The summed E-state index contributed by atoms with van der Waals surface area (Å²) < 4.78 is 5.00. The first-order chi connectivity index (χ1) is 12.0. The highest BCUT2D eigenvalue weighted by molar-refractivity contribution is 6.30. The second kappa shape index (κ2) is 7.65. The minimum absolute atomic E-state index is 0.0853. The molecule has 0 saturated heterocycles. The third-order valence-electron chi connectivity index (χ3n) is 5.26. The number of ether oxygens (including phenoxy) is 1. The van der Waals surface area contributed by atoms with Crippen LogP contribution in [0.15, 0.2) is 24.3 Å². The highest BCUT2D eigenvalue weighted by Gasteiger charge is 2.53. The molecule has 0 atom stereocenters. The molecule has 136 valence electrons. The van der Waals surface area contributed by atoms with Gasteiger partial charge in [-0.05, 0) is 61.6 Å². The van der Waals surface area contributed by atoms with E-state index < -0.39 is 0 Å². The molecule has 6 heteroatoms. The predicted molar refractivity (Wildman–Crippen MR) is 96.3 cm³/mol. The fourth-order valence-corrected chi connectivity index (χ4v) is 4.33. The Kier molecular flexibility index (Phi) is 5.52. The molecule has 2 amide bonds. The van der Waals surface area contributed by atoms with E-state index in [-0.39, 0.29) is 18.0 Å². The molecule has 1 aromatic rings. The summed E-state index contributed by atoms with van der Waals surface area (Å²) in [6.07, 6.45) is 4.73. The maximum absolute atomic E-state index is 12.0. The van der Waals surface area contributed by atoms with E-state index >= 15 is 0 Å². The second-order valence-electron chi connectivity index (χ2n) is 7.34. The molecule has 0 bridgehead atoms. The van der Waals surface area contributed by atoms with Crippen LogP contribution in [-0.4, -0.2) is 24.6 Å². The average Bonchev–Trinajstić information content (AvgIpc) is 2.50. The van der Waals surface area contributed by atoms with E-state index in [9.17, 15) is 9.59 Å². The smallest absolute Gasteiger partial charge is 0.315 e. The lowest BCUT2D eigenvalue weighted by Gasteiger charge is -2.57. The van der Waals surface area contributed by atoms with Crippen LogP contribution in [0.5, 0.6) is 0 Å². The molecule has 3 rings (SSSR count). The molecule has 2 aliphatic rings. The van der Waals surface area contributed by atoms with Gasteiger partial charge in [0.2, 0.25) is 0 Å². The standard InChI is InChI=1S/C19H25ClN2O3/c1-2-25-17(23)7-14-8-19(9-14)10-16(11-19)22-18(24)21-12-13-3-5-15(20)6-4-13/h3-6,14,16H,2,7-12H2,1H3,(H2,21,22,24). The molecule has 2 aliphatic carbocycles. The fraction of sp³-hybridized carbons (Fsp3) is 0.579. The zero-order valence-electron chi connectivity index (χ0n) is 14.5. The fourth-order valence-electron chi connectivity index (χ4n) is 4.21. The van der Waals surface area contributed by atoms with Crippen molar-refractivity contribution in [3.63, 3.8) is 0 Å². The largest absolute Gasteiger partial charge is 0.466 e. The molecule has 1 spiro atoms. The summed E-state index contributed by atoms with van der Waals surface area (Å²) >= 11 is 5.84. The van der Waals surface area contributed by atoms with Crippen molar-refractivity contribution >= 4 is 23.6 Å². The Morgan fingerprint density at radius 3 is 2.52 bits per heavy atom. The number of rotatable bonds is 6. The number of amides is 2. The molecule has 0 heterocycles. The maximum atomic E-state index is 12.0. The molecule has 0 radical (unpaired) electrons. The van der Waals surface area contributed by atoms with Crippen molar-refractivity contribution in [2.24, 2.45) is 11.3 Å². The van der Waals surface area contributed by atoms with Gasteiger partial charge in [-0.15, -0.1) is 0 Å². The highest BCUT2D eigenvalue weighted by atomic mass is 35.5. The van der Waals surface area contributed by atoms with Gasteiger partial charge in [0.15, 0.2) is 0 Å². The minimum Gasteiger partial charge on any atom is -0.466 e. The lowest BCUT2D eigenvalue weighted by Crippen LogP contribution is -2.57. The van der Waals surface area contributed by atoms with Crippen LogP contribution in [-0.2, 0) is 16.1 Å². The van der Waals surface area contributed by atoms with Gasteiger partial charge in [0.05, 0.1) is 6.61 Å². The first-order valence-electron chi connectivity index (χ1n) is 8.92. The number of benzene rings is 1. The molecule has 25 heavy (non-hydrogen) atoms. The van der Waals surface area contributed by atoms with Gasteiger partial charge in [0.25, 0.3) is 0 Å². The van der Waals surface area contributed by atoms with E-state index in [4.69, 9.17) is 16.3 Å². The Hall–Kier alpha value is -1.75. The second-order valence-corrected chi connectivity index (χ2v) is 7.78. The molecule has 5 nitrogen and oxygen atoms in total. The summed E-state index contributed by atoms with van der Waals surface area (Å²) in [7, 11) is 0. The summed E-state index contributed by atoms with van der Waals surface area (Å²) in [6.45, 7) is 2.77. The van der Waals surface area contributed by atoms with Gasteiger partial charge in [-0.1, -0.05) is 23.7 Å². The normalized spacial score (nSPS) is 27.1. The van der Waals surface area contributed by atoms with Gasteiger partial charge in [-0.25, -0.2) is 4.79 Å². The summed E-state index contributed by atoms with van der Waals surface area (Å²) in [5, 5.41) is 6.59. The quantitative estimate of drug-likeness (QED) is 0.757. The number of hydrogen-bond donors (Lipinski definition) is 2. The zero-order valence-corrected chi connectivity index (χ0v) is 15.3. The SMILES string of the molecule is CCOC(=O)CC1CC2(C1)CC(NC(=O)NCc1ccc(Cl)cc1)C2. The van der Waals surface area contributed by atoms with E-state index in [1.807, 2.05) is 31.2 Å². The van der Waals surface area contributed by atoms with Crippen molar-refractivity contribution in [3.05, 3.63) is 34.9 Å². The summed E-state index contributed by atoms with van der Waals surface area (Å²) in [5.74, 6) is 0.372. The minimum atomic E-state index is -0.128. The lowest BCUT2D eigenvalue weighted by molar-refractivity contribution is -0.148. The zero-order chi connectivity index (χ0) is 17.9. The highest BCUT2D eigenvalue weighted by Crippen LogP contribution is 2.59. The van der Waals surface area contributed by atoms with Crippen LogP contribution >= 0.6 is 11.6 Å². The van der Waals surface area contributed by atoms with Crippen molar-refractivity contribution in [1.29, 1.82) is 0 Å². The monoisotopic (exact) mass is 364 g/mol. The maximum Gasteiger partial charge on any atom is 0.315 e. The first-order valence-corrected chi connectivity index (χ1v) is 9.30. The third kappa shape index (κ3) is 4.66. The summed E-state index contributed by atoms with van der Waals surface area (Å²) in [4.78, 5) is 23.5. The number of carbonyl (C=O) groups is 2. The Morgan fingerprint density at radius 1 is 1.20 bits per heavy atom. The van der Waals surface area contributed by atoms with Crippen molar-refractivity contribution < 1.29 is 14.3 Å². The molecule has 2 N–H and O–H groups in total. The molecular formula is C19H25ClN2O3. The molecule has 0 aromatic heterocycles. The summed E-state index contributed by atoms with van der Waals surface area (Å²) in [5.41, 5.74) is 1.37. The Labute approximate surface area is 153 Å². The predicted octanol–water partition coefficient (Wildman–Crippen LogP) is 3.65. The number of urea groups is 1. The first kappa shape index (κ1) is 18.1. The van der Waals surface area contributed by atoms with Crippen molar-refractivity contribution in [3.8, 4) is 0 Å². The van der Waals surface area contributed by atoms with Crippen molar-refractivity contribution in [1.82, 2.24) is 10.6 Å². The van der Waals surface area contributed by atoms with Crippen LogP contribution in [0.2, 0.25) is 5.02 Å². The van der Waals surface area contributed by atoms with Crippen LogP contribution < -0.4 is 10.6 Å². The van der Waals surface area contributed by atoms with E-state index in [0.717, 1.165) is 31.2 Å². The third-order valence-corrected chi connectivity index (χ3v) is 5.52. The van der Waals surface area contributed by atoms with Gasteiger partial charge in [0.1, 0.15) is 0 Å². The van der Waals surface area contributed by atoms with Gasteiger partial charge < -0.3 is 15.4 Å². The number of carbonyl (C=O) groups excluding carboxylic acids is 2. The van der Waals surface area contributed by atoms with E-state index in [1.165, 1.54) is 0 Å². The van der Waals surface area contributed by atoms with E-state index in [0.29, 0.717) is 35.9 Å².